The smallest absolute Gasteiger partial charge is 0.244 e. The Kier molecular flexibility index (Phi) is 4.89. The molecule has 0 bridgehead atoms. The number of nitrogens with one attached hydrogen (secondary N) is 2. The van der Waals surface area contributed by atoms with Crippen molar-refractivity contribution in [3.63, 3.8) is 0 Å². The average molecular weight is 257 g/mol. The summed E-state index contributed by atoms with van der Waals surface area (Å²) >= 11 is 0. The van der Waals surface area contributed by atoms with Crippen molar-refractivity contribution in [1.29, 1.82) is 0 Å². The molecule has 1 atom stereocenters. The lowest BCUT2D eigenvalue weighted by molar-refractivity contribution is 0.556. The van der Waals surface area contributed by atoms with E-state index in [4.69, 9.17) is 0 Å². The molecule has 0 spiro atoms. The van der Waals surface area contributed by atoms with Crippen molar-refractivity contribution in [2.45, 2.75) is 38.1 Å². The SMILES string of the molecule is CCNc1ccncc1S(=O)(=O)NC(C)CC. The summed E-state index contributed by atoms with van der Waals surface area (Å²) in [4.78, 5) is 4.06. The minimum Gasteiger partial charge on any atom is -0.384 e. The molecular formula is C11H19N3O2S. The molecule has 1 aromatic heterocycles. The second-order valence-electron chi connectivity index (χ2n) is 3.83. The number of anilines is 1. The summed E-state index contributed by atoms with van der Waals surface area (Å²) in [6, 6.07) is 1.57. The molecule has 0 aliphatic carbocycles. The van der Waals surface area contributed by atoms with E-state index in [0.717, 1.165) is 6.42 Å². The fourth-order valence-corrected chi connectivity index (χ4v) is 2.79. The maximum Gasteiger partial charge on any atom is 0.244 e. The molecule has 0 saturated heterocycles. The Bertz CT molecular complexity index is 460. The molecule has 0 saturated carbocycles. The van der Waals surface area contributed by atoms with E-state index in [1.807, 2.05) is 20.8 Å². The van der Waals surface area contributed by atoms with Crippen molar-refractivity contribution >= 4 is 15.7 Å². The van der Waals surface area contributed by atoms with Crippen LogP contribution in [0, 0.1) is 0 Å². The minimum atomic E-state index is -3.50. The molecule has 0 aromatic carbocycles. The number of nitrogens with zero attached hydrogens (tertiary/aromatic N) is 1. The van der Waals surface area contributed by atoms with Gasteiger partial charge in [0.1, 0.15) is 4.90 Å². The van der Waals surface area contributed by atoms with Gasteiger partial charge in [0.25, 0.3) is 0 Å². The van der Waals surface area contributed by atoms with Crippen LogP contribution in [0.1, 0.15) is 27.2 Å². The number of sulfonamides is 1. The molecule has 1 heterocycles. The molecule has 96 valence electrons. The molecule has 1 aromatic rings. The second kappa shape index (κ2) is 5.97. The molecule has 1 unspecified atom stereocenters. The van der Waals surface area contributed by atoms with Crippen molar-refractivity contribution in [2.24, 2.45) is 0 Å². The standard InChI is InChI=1S/C11H19N3O2S/c1-4-9(3)14-17(15,16)11-8-12-7-6-10(11)13-5-2/h6-9,14H,4-5H2,1-3H3,(H,12,13). The lowest BCUT2D eigenvalue weighted by Crippen LogP contribution is -2.32. The van der Waals surface area contributed by atoms with E-state index in [2.05, 4.69) is 15.0 Å². The van der Waals surface area contributed by atoms with E-state index in [0.29, 0.717) is 12.2 Å². The number of pyridine rings is 1. The summed E-state index contributed by atoms with van der Waals surface area (Å²) in [7, 11) is -3.50. The zero-order valence-electron chi connectivity index (χ0n) is 10.4. The Balaban J connectivity index is 3.06. The quantitative estimate of drug-likeness (QED) is 0.812. The molecule has 0 fully saturated rings. The molecule has 1 rings (SSSR count). The van der Waals surface area contributed by atoms with Crippen molar-refractivity contribution < 1.29 is 8.42 Å². The number of aromatic nitrogens is 1. The summed E-state index contributed by atoms with van der Waals surface area (Å²) in [6.45, 7) is 6.34. The highest BCUT2D eigenvalue weighted by atomic mass is 32.2. The largest absolute Gasteiger partial charge is 0.384 e. The zero-order valence-corrected chi connectivity index (χ0v) is 11.2. The van der Waals surface area contributed by atoms with E-state index in [1.165, 1.54) is 6.20 Å². The molecule has 5 nitrogen and oxygen atoms in total. The van der Waals surface area contributed by atoms with Crippen LogP contribution in [0.3, 0.4) is 0 Å². The van der Waals surface area contributed by atoms with Crippen LogP contribution in [0.25, 0.3) is 0 Å². The molecule has 0 aliphatic rings. The van der Waals surface area contributed by atoms with Crippen molar-refractivity contribution in [3.8, 4) is 0 Å². The molecule has 0 aliphatic heterocycles. The highest BCUT2D eigenvalue weighted by Gasteiger charge is 2.20. The van der Waals surface area contributed by atoms with E-state index in [-0.39, 0.29) is 10.9 Å². The predicted octanol–water partition coefficient (Wildman–Crippen LogP) is 1.59. The third-order valence-corrected chi connectivity index (χ3v) is 4.03. The Hall–Kier alpha value is -1.14. The second-order valence-corrected chi connectivity index (χ2v) is 5.52. The Morgan fingerprint density at radius 3 is 2.71 bits per heavy atom. The van der Waals surface area contributed by atoms with Crippen LogP contribution in [-0.4, -0.2) is 26.0 Å². The van der Waals surface area contributed by atoms with Gasteiger partial charge in [-0.05, 0) is 26.3 Å². The van der Waals surface area contributed by atoms with Crippen LogP contribution in [0.15, 0.2) is 23.4 Å². The van der Waals surface area contributed by atoms with Crippen molar-refractivity contribution in [3.05, 3.63) is 18.5 Å². The molecule has 0 radical (unpaired) electrons. The van der Waals surface area contributed by atoms with Gasteiger partial charge in [0, 0.05) is 25.0 Å². The number of hydrogen-bond acceptors (Lipinski definition) is 4. The van der Waals surface area contributed by atoms with Crippen molar-refractivity contribution in [1.82, 2.24) is 9.71 Å². The monoisotopic (exact) mass is 257 g/mol. The highest BCUT2D eigenvalue weighted by Crippen LogP contribution is 2.19. The van der Waals surface area contributed by atoms with Crippen LogP contribution in [-0.2, 0) is 10.0 Å². The first kappa shape index (κ1) is 13.9. The third kappa shape index (κ3) is 3.67. The average Bonchev–Trinajstić information content (AvgIpc) is 2.29. The Morgan fingerprint density at radius 1 is 1.41 bits per heavy atom. The van der Waals surface area contributed by atoms with Gasteiger partial charge in [0.2, 0.25) is 10.0 Å². The molecule has 0 amide bonds. The van der Waals surface area contributed by atoms with E-state index in [1.54, 1.807) is 12.3 Å². The van der Waals surface area contributed by atoms with Gasteiger partial charge in [0.05, 0.1) is 5.69 Å². The van der Waals surface area contributed by atoms with Crippen LogP contribution in [0.4, 0.5) is 5.69 Å². The maximum atomic E-state index is 12.1. The molecular weight excluding hydrogens is 238 g/mol. The summed E-state index contributed by atoms with van der Waals surface area (Å²) in [5.74, 6) is 0. The van der Waals surface area contributed by atoms with E-state index in [9.17, 15) is 8.42 Å². The van der Waals surface area contributed by atoms with Crippen LogP contribution < -0.4 is 10.0 Å². The summed E-state index contributed by atoms with van der Waals surface area (Å²) < 4.78 is 26.8. The first-order chi connectivity index (χ1) is 8.01. The van der Waals surface area contributed by atoms with E-state index < -0.39 is 10.0 Å². The zero-order chi connectivity index (χ0) is 12.9. The minimum absolute atomic E-state index is 0.0883. The van der Waals surface area contributed by atoms with Gasteiger partial charge in [-0.3, -0.25) is 4.98 Å². The molecule has 6 heteroatoms. The summed E-state index contributed by atoms with van der Waals surface area (Å²) in [6.07, 6.45) is 3.68. The third-order valence-electron chi connectivity index (χ3n) is 2.41. The first-order valence-electron chi connectivity index (χ1n) is 5.71. The van der Waals surface area contributed by atoms with Gasteiger partial charge >= 0.3 is 0 Å². The Labute approximate surface area is 103 Å². The normalized spacial score (nSPS) is 13.4. The Morgan fingerprint density at radius 2 is 2.12 bits per heavy atom. The molecule has 17 heavy (non-hydrogen) atoms. The summed E-state index contributed by atoms with van der Waals surface area (Å²) in [5, 5.41) is 3.01. The van der Waals surface area contributed by atoms with Gasteiger partial charge in [-0.25, -0.2) is 13.1 Å². The van der Waals surface area contributed by atoms with E-state index >= 15 is 0 Å². The number of rotatable bonds is 6. The molecule has 2 N–H and O–H groups in total. The van der Waals surface area contributed by atoms with Gasteiger partial charge in [-0.2, -0.15) is 0 Å². The van der Waals surface area contributed by atoms with Gasteiger partial charge in [-0.1, -0.05) is 6.92 Å². The number of hydrogen-bond donors (Lipinski definition) is 2. The van der Waals surface area contributed by atoms with Gasteiger partial charge in [-0.15, -0.1) is 0 Å². The maximum absolute atomic E-state index is 12.1. The van der Waals surface area contributed by atoms with Crippen LogP contribution >= 0.6 is 0 Å². The van der Waals surface area contributed by atoms with Gasteiger partial charge in [0.15, 0.2) is 0 Å². The topological polar surface area (TPSA) is 71.1 Å². The lowest BCUT2D eigenvalue weighted by Gasteiger charge is -2.14. The van der Waals surface area contributed by atoms with Gasteiger partial charge < -0.3 is 5.32 Å². The van der Waals surface area contributed by atoms with Crippen molar-refractivity contribution in [2.75, 3.05) is 11.9 Å². The lowest BCUT2D eigenvalue weighted by atomic mass is 10.3. The van der Waals surface area contributed by atoms with Crippen LogP contribution in [0.5, 0.6) is 0 Å². The highest BCUT2D eigenvalue weighted by molar-refractivity contribution is 7.89. The first-order valence-corrected chi connectivity index (χ1v) is 7.19. The summed E-state index contributed by atoms with van der Waals surface area (Å²) in [5.41, 5.74) is 0.582. The fourth-order valence-electron chi connectivity index (χ4n) is 1.34. The van der Waals surface area contributed by atoms with Crippen LogP contribution in [0.2, 0.25) is 0 Å². The fraction of sp³-hybridized carbons (Fsp3) is 0.545. The predicted molar refractivity (Wildman–Crippen MR) is 68.5 cm³/mol.